The molecular formula is C14H12ClFN2O2. The standard InChI is InChI=1S/C14H12ClFN2O2/c15-13(18-19)8-11-5-4-10(7-12(11)16)9-20-14-3-1-2-6-17-14/h1-7,13H,8-9H2. The first kappa shape index (κ1) is 14.4. The summed E-state index contributed by atoms with van der Waals surface area (Å²) in [7, 11) is 0. The van der Waals surface area contributed by atoms with E-state index in [0.29, 0.717) is 17.0 Å². The summed E-state index contributed by atoms with van der Waals surface area (Å²) in [6.45, 7) is 0.213. The zero-order valence-corrected chi connectivity index (χ0v) is 11.3. The van der Waals surface area contributed by atoms with Gasteiger partial charge >= 0.3 is 0 Å². The number of ether oxygens (including phenoxy) is 1. The Hall–Kier alpha value is -2.01. The van der Waals surface area contributed by atoms with E-state index >= 15 is 0 Å². The van der Waals surface area contributed by atoms with Crippen molar-refractivity contribution < 1.29 is 9.13 Å². The maximum atomic E-state index is 13.8. The first-order valence-corrected chi connectivity index (χ1v) is 6.40. The summed E-state index contributed by atoms with van der Waals surface area (Å²) >= 11 is 5.57. The van der Waals surface area contributed by atoms with Gasteiger partial charge in [0.15, 0.2) is 5.50 Å². The van der Waals surface area contributed by atoms with E-state index in [1.54, 1.807) is 36.5 Å². The number of benzene rings is 1. The highest BCUT2D eigenvalue weighted by Crippen LogP contribution is 2.16. The number of alkyl halides is 1. The fourth-order valence-electron chi connectivity index (χ4n) is 1.65. The summed E-state index contributed by atoms with van der Waals surface area (Å²) < 4.78 is 19.2. The number of nitrogens with zero attached hydrogens (tertiary/aromatic N) is 2. The van der Waals surface area contributed by atoms with Crippen LogP contribution < -0.4 is 4.74 Å². The molecule has 2 rings (SSSR count). The van der Waals surface area contributed by atoms with Gasteiger partial charge in [-0.1, -0.05) is 29.8 Å². The Morgan fingerprint density at radius 1 is 1.35 bits per heavy atom. The third kappa shape index (κ3) is 3.99. The predicted octanol–water partition coefficient (Wildman–Crippen LogP) is 3.67. The minimum Gasteiger partial charge on any atom is -0.473 e. The third-order valence-electron chi connectivity index (χ3n) is 2.64. The van der Waals surface area contributed by atoms with E-state index in [0.717, 1.165) is 0 Å². The third-order valence-corrected chi connectivity index (χ3v) is 2.88. The van der Waals surface area contributed by atoms with Crippen LogP contribution in [0.3, 0.4) is 0 Å². The van der Waals surface area contributed by atoms with Crippen molar-refractivity contribution in [3.8, 4) is 5.88 Å². The lowest BCUT2D eigenvalue weighted by atomic mass is 10.1. The van der Waals surface area contributed by atoms with Crippen molar-refractivity contribution in [3.63, 3.8) is 0 Å². The van der Waals surface area contributed by atoms with Gasteiger partial charge < -0.3 is 4.74 Å². The van der Waals surface area contributed by atoms with Crippen LogP contribution in [0.5, 0.6) is 5.88 Å². The monoisotopic (exact) mass is 294 g/mol. The molecule has 0 aliphatic carbocycles. The van der Waals surface area contributed by atoms with Gasteiger partial charge in [-0.2, -0.15) is 0 Å². The van der Waals surface area contributed by atoms with Gasteiger partial charge in [0, 0.05) is 18.7 Å². The van der Waals surface area contributed by atoms with Gasteiger partial charge in [-0.15, -0.1) is 4.91 Å². The Labute approximate surface area is 120 Å². The van der Waals surface area contributed by atoms with Crippen molar-refractivity contribution in [1.82, 2.24) is 4.98 Å². The van der Waals surface area contributed by atoms with E-state index in [1.807, 2.05) is 0 Å². The summed E-state index contributed by atoms with van der Waals surface area (Å²) in [6.07, 6.45) is 1.68. The van der Waals surface area contributed by atoms with Crippen LogP contribution in [-0.4, -0.2) is 10.5 Å². The maximum absolute atomic E-state index is 13.8. The van der Waals surface area contributed by atoms with Gasteiger partial charge in [0.1, 0.15) is 12.4 Å². The molecule has 104 valence electrons. The SMILES string of the molecule is O=NC(Cl)Cc1ccc(COc2ccccn2)cc1F. The molecule has 1 atom stereocenters. The van der Waals surface area contributed by atoms with Gasteiger partial charge in [-0.25, -0.2) is 9.37 Å². The molecule has 1 aromatic heterocycles. The number of rotatable bonds is 6. The van der Waals surface area contributed by atoms with Crippen molar-refractivity contribution in [2.45, 2.75) is 18.5 Å². The van der Waals surface area contributed by atoms with E-state index in [4.69, 9.17) is 16.3 Å². The van der Waals surface area contributed by atoms with E-state index < -0.39 is 11.3 Å². The van der Waals surface area contributed by atoms with E-state index in [9.17, 15) is 9.30 Å². The second kappa shape index (κ2) is 6.96. The molecule has 1 unspecified atom stereocenters. The molecule has 0 amide bonds. The van der Waals surface area contributed by atoms with Crippen LogP contribution >= 0.6 is 11.6 Å². The second-order valence-corrected chi connectivity index (χ2v) is 4.63. The largest absolute Gasteiger partial charge is 0.473 e. The molecule has 0 saturated carbocycles. The normalized spacial score (nSPS) is 11.9. The molecule has 0 aliphatic rings. The van der Waals surface area contributed by atoms with Crippen molar-refractivity contribution in [3.05, 3.63) is 64.4 Å². The lowest BCUT2D eigenvalue weighted by molar-refractivity contribution is 0.293. The number of halogens is 2. The summed E-state index contributed by atoms with van der Waals surface area (Å²) in [5, 5.41) is 2.64. The average molecular weight is 295 g/mol. The lowest BCUT2D eigenvalue weighted by Gasteiger charge is -2.08. The molecule has 0 aliphatic heterocycles. The smallest absolute Gasteiger partial charge is 0.213 e. The Morgan fingerprint density at radius 2 is 2.20 bits per heavy atom. The predicted molar refractivity (Wildman–Crippen MR) is 74.1 cm³/mol. The molecule has 4 nitrogen and oxygen atoms in total. The summed E-state index contributed by atoms with van der Waals surface area (Å²) in [4.78, 5) is 14.2. The maximum Gasteiger partial charge on any atom is 0.213 e. The fourth-order valence-corrected chi connectivity index (χ4v) is 1.82. The molecule has 2 aromatic rings. The van der Waals surface area contributed by atoms with E-state index in [1.165, 1.54) is 6.07 Å². The topological polar surface area (TPSA) is 51.5 Å². The molecule has 0 bridgehead atoms. The average Bonchev–Trinajstić information content (AvgIpc) is 2.48. The second-order valence-electron chi connectivity index (χ2n) is 4.13. The van der Waals surface area contributed by atoms with Crippen LogP contribution in [-0.2, 0) is 13.0 Å². The summed E-state index contributed by atoms with van der Waals surface area (Å²) in [5.41, 5.74) is 0.0633. The number of nitroso groups, excluding NO2 is 1. The molecule has 0 fully saturated rings. The Bertz CT molecular complexity index is 581. The fraction of sp³-hybridized carbons (Fsp3) is 0.214. The number of pyridine rings is 1. The molecule has 0 saturated heterocycles. The minimum absolute atomic E-state index is 0.0677. The number of hydrogen-bond donors (Lipinski definition) is 0. The zero-order chi connectivity index (χ0) is 14.4. The highest BCUT2D eigenvalue weighted by molar-refractivity contribution is 6.20. The van der Waals surface area contributed by atoms with Crippen LogP contribution in [0.2, 0.25) is 0 Å². The van der Waals surface area contributed by atoms with Gasteiger partial charge in [0.05, 0.1) is 0 Å². The summed E-state index contributed by atoms with van der Waals surface area (Å²) in [5.74, 6) is 0.0457. The van der Waals surface area contributed by atoms with Crippen molar-refractivity contribution in [1.29, 1.82) is 0 Å². The zero-order valence-electron chi connectivity index (χ0n) is 10.5. The number of aromatic nitrogens is 1. The van der Waals surface area contributed by atoms with Crippen LogP contribution in [0, 0.1) is 10.7 Å². The molecule has 0 radical (unpaired) electrons. The van der Waals surface area contributed by atoms with Crippen molar-refractivity contribution >= 4 is 11.6 Å². The highest BCUT2D eigenvalue weighted by atomic mass is 35.5. The molecule has 20 heavy (non-hydrogen) atoms. The molecular weight excluding hydrogens is 283 g/mol. The van der Waals surface area contributed by atoms with Crippen molar-refractivity contribution in [2.24, 2.45) is 5.18 Å². The number of hydrogen-bond acceptors (Lipinski definition) is 4. The Morgan fingerprint density at radius 3 is 2.85 bits per heavy atom. The molecule has 1 aromatic carbocycles. The quantitative estimate of drug-likeness (QED) is 0.464. The van der Waals surface area contributed by atoms with Crippen LogP contribution in [0.25, 0.3) is 0 Å². The van der Waals surface area contributed by atoms with E-state index in [2.05, 4.69) is 10.2 Å². The molecule has 1 heterocycles. The van der Waals surface area contributed by atoms with Gasteiger partial charge in [0.25, 0.3) is 0 Å². The highest BCUT2D eigenvalue weighted by Gasteiger charge is 2.10. The first-order valence-electron chi connectivity index (χ1n) is 5.96. The van der Waals surface area contributed by atoms with Crippen LogP contribution in [0.4, 0.5) is 4.39 Å². The van der Waals surface area contributed by atoms with E-state index in [-0.39, 0.29) is 13.0 Å². The Balaban J connectivity index is 2.00. The molecule has 0 spiro atoms. The summed E-state index contributed by atoms with van der Waals surface area (Å²) in [6, 6.07) is 9.96. The van der Waals surface area contributed by atoms with Gasteiger partial charge in [0.2, 0.25) is 5.88 Å². The van der Waals surface area contributed by atoms with Gasteiger partial charge in [-0.3, -0.25) is 0 Å². The van der Waals surface area contributed by atoms with Crippen LogP contribution in [0.1, 0.15) is 11.1 Å². The molecule has 6 heteroatoms. The Kier molecular flexibility index (Phi) is 5.01. The minimum atomic E-state index is -0.958. The first-order chi connectivity index (χ1) is 9.69. The van der Waals surface area contributed by atoms with Gasteiger partial charge in [-0.05, 0) is 28.4 Å². The lowest BCUT2D eigenvalue weighted by Crippen LogP contribution is -2.03. The van der Waals surface area contributed by atoms with Crippen molar-refractivity contribution in [2.75, 3.05) is 0 Å². The van der Waals surface area contributed by atoms with Crippen LogP contribution in [0.15, 0.2) is 47.8 Å². The molecule has 0 N–H and O–H groups in total.